The zero-order valence-corrected chi connectivity index (χ0v) is 33.1. The molecule has 0 bridgehead atoms. The predicted molar refractivity (Wildman–Crippen MR) is 203 cm³/mol. The number of hydrogen-bond acceptors (Lipinski definition) is 5. The van der Waals surface area contributed by atoms with Gasteiger partial charge in [-0.05, 0) is 38.5 Å². The zero-order valence-electron chi connectivity index (χ0n) is 32.2. The van der Waals surface area contributed by atoms with Gasteiger partial charge in [0, 0.05) is 6.42 Å². The van der Waals surface area contributed by atoms with E-state index in [1.165, 1.54) is 116 Å². The van der Waals surface area contributed by atoms with Crippen molar-refractivity contribution < 1.29 is 32.9 Å². The van der Waals surface area contributed by atoms with Gasteiger partial charge in [-0.15, -0.1) is 0 Å². The minimum atomic E-state index is -4.30. The van der Waals surface area contributed by atoms with Crippen molar-refractivity contribution in [3.8, 4) is 0 Å². The SMILES string of the molecule is CCCCCCCC/C=C\CCCCCCCCCC(=O)NC(COP(=O)(O)OCC[N+](C)(C)C)C(O)CCCCCCCCCCC. The average molecular weight is 704 g/mol. The largest absolute Gasteiger partial charge is 0.472 e. The van der Waals surface area contributed by atoms with E-state index in [-0.39, 0.29) is 19.1 Å². The molecule has 0 saturated heterocycles. The van der Waals surface area contributed by atoms with E-state index in [4.69, 9.17) is 9.05 Å². The number of likely N-dealkylation sites (N-methyl/N-ethyl adjacent to an activating group) is 1. The highest BCUT2D eigenvalue weighted by Crippen LogP contribution is 2.43. The second-order valence-electron chi connectivity index (χ2n) is 15.0. The number of nitrogens with one attached hydrogen (secondary N) is 1. The number of hydrogen-bond donors (Lipinski definition) is 3. The highest BCUT2D eigenvalue weighted by molar-refractivity contribution is 7.47. The molecule has 0 rings (SSSR count). The average Bonchev–Trinajstić information content (AvgIpc) is 3.02. The van der Waals surface area contributed by atoms with Gasteiger partial charge in [0.25, 0.3) is 0 Å². The molecular weight excluding hydrogens is 623 g/mol. The van der Waals surface area contributed by atoms with E-state index in [2.05, 4.69) is 31.3 Å². The summed E-state index contributed by atoms with van der Waals surface area (Å²) in [6, 6.07) is -0.756. The van der Waals surface area contributed by atoms with Crippen LogP contribution in [0.2, 0.25) is 0 Å². The summed E-state index contributed by atoms with van der Waals surface area (Å²) in [7, 11) is 1.61. The van der Waals surface area contributed by atoms with E-state index in [0.717, 1.165) is 38.5 Å². The summed E-state index contributed by atoms with van der Waals surface area (Å²) in [4.78, 5) is 23.0. The van der Waals surface area contributed by atoms with Crippen LogP contribution in [0.15, 0.2) is 12.2 Å². The molecule has 0 spiro atoms. The first-order valence-electron chi connectivity index (χ1n) is 20.1. The van der Waals surface area contributed by atoms with E-state index in [1.54, 1.807) is 0 Å². The van der Waals surface area contributed by atoms with Crippen molar-refractivity contribution in [3.05, 3.63) is 12.2 Å². The van der Waals surface area contributed by atoms with E-state index in [1.807, 2.05) is 21.1 Å². The molecule has 8 nitrogen and oxygen atoms in total. The summed E-state index contributed by atoms with van der Waals surface area (Å²) < 4.78 is 23.5. The fourth-order valence-electron chi connectivity index (χ4n) is 5.74. The van der Waals surface area contributed by atoms with Gasteiger partial charge in [0.1, 0.15) is 13.2 Å². The van der Waals surface area contributed by atoms with Gasteiger partial charge in [-0.1, -0.05) is 148 Å². The Balaban J connectivity index is 4.35. The van der Waals surface area contributed by atoms with Crippen molar-refractivity contribution >= 4 is 13.7 Å². The number of carbonyl (C=O) groups excluding carboxylic acids is 1. The molecule has 0 aromatic heterocycles. The summed E-state index contributed by atoms with van der Waals surface area (Å²) in [5.41, 5.74) is 0. The normalized spacial score (nSPS) is 14.7. The van der Waals surface area contributed by atoms with Crippen molar-refractivity contribution in [3.63, 3.8) is 0 Å². The summed E-state index contributed by atoms with van der Waals surface area (Å²) >= 11 is 0. The number of nitrogens with zero attached hydrogens (tertiary/aromatic N) is 1. The maximum Gasteiger partial charge on any atom is 0.472 e. The van der Waals surface area contributed by atoms with Crippen LogP contribution in [0, 0.1) is 0 Å². The maximum atomic E-state index is 12.8. The van der Waals surface area contributed by atoms with Gasteiger partial charge in [0.2, 0.25) is 5.91 Å². The van der Waals surface area contributed by atoms with Gasteiger partial charge < -0.3 is 19.8 Å². The molecule has 286 valence electrons. The Morgan fingerprint density at radius 2 is 1.12 bits per heavy atom. The molecular formula is C39H80N2O6P+. The Kier molecular flexibility index (Phi) is 31.7. The topological polar surface area (TPSA) is 105 Å². The van der Waals surface area contributed by atoms with E-state index in [9.17, 15) is 19.4 Å². The molecule has 0 aliphatic carbocycles. The number of carbonyl (C=O) groups is 1. The quantitative estimate of drug-likeness (QED) is 0.0260. The molecule has 0 heterocycles. The van der Waals surface area contributed by atoms with Crippen molar-refractivity contribution in [2.24, 2.45) is 0 Å². The second-order valence-corrected chi connectivity index (χ2v) is 16.5. The summed E-state index contributed by atoms with van der Waals surface area (Å²) in [6.45, 7) is 4.85. The highest BCUT2D eigenvalue weighted by Gasteiger charge is 2.28. The number of phosphoric ester groups is 1. The Morgan fingerprint density at radius 3 is 1.60 bits per heavy atom. The minimum absolute atomic E-state index is 0.0751. The number of phosphoric acid groups is 1. The van der Waals surface area contributed by atoms with E-state index in [0.29, 0.717) is 23.9 Å². The van der Waals surface area contributed by atoms with Gasteiger partial charge in [-0.3, -0.25) is 13.8 Å². The molecule has 0 aromatic carbocycles. The van der Waals surface area contributed by atoms with Crippen LogP contribution in [0.25, 0.3) is 0 Å². The molecule has 0 aromatic rings. The van der Waals surface area contributed by atoms with Crippen LogP contribution in [-0.4, -0.2) is 73.4 Å². The summed E-state index contributed by atoms with van der Waals surface area (Å²) in [5, 5.41) is 13.8. The molecule has 48 heavy (non-hydrogen) atoms. The van der Waals surface area contributed by atoms with Crippen LogP contribution in [0.4, 0.5) is 0 Å². The predicted octanol–water partition coefficient (Wildman–Crippen LogP) is 10.4. The summed E-state index contributed by atoms with van der Waals surface area (Å²) in [6.07, 6.45) is 33.8. The van der Waals surface area contributed by atoms with Crippen molar-refractivity contribution in [2.45, 2.75) is 193 Å². The second kappa shape index (κ2) is 32.2. The molecule has 0 radical (unpaired) electrons. The van der Waals surface area contributed by atoms with Crippen LogP contribution in [0.5, 0.6) is 0 Å². The fourth-order valence-corrected chi connectivity index (χ4v) is 6.48. The smallest absolute Gasteiger partial charge is 0.391 e. The number of allylic oxidation sites excluding steroid dienone is 2. The molecule has 3 unspecified atom stereocenters. The zero-order chi connectivity index (χ0) is 35.8. The Labute approximate surface area is 297 Å². The van der Waals surface area contributed by atoms with Gasteiger partial charge >= 0.3 is 7.82 Å². The van der Waals surface area contributed by atoms with Crippen LogP contribution in [0.3, 0.4) is 0 Å². The van der Waals surface area contributed by atoms with Gasteiger partial charge in [-0.2, -0.15) is 0 Å². The lowest BCUT2D eigenvalue weighted by atomic mass is 10.0. The lowest BCUT2D eigenvalue weighted by Crippen LogP contribution is -2.46. The van der Waals surface area contributed by atoms with Gasteiger partial charge in [-0.25, -0.2) is 4.57 Å². The lowest BCUT2D eigenvalue weighted by Gasteiger charge is -2.26. The highest BCUT2D eigenvalue weighted by atomic mass is 31.2. The molecule has 0 saturated carbocycles. The third-order valence-corrected chi connectivity index (χ3v) is 10.00. The van der Waals surface area contributed by atoms with Crippen LogP contribution in [-0.2, 0) is 18.4 Å². The van der Waals surface area contributed by atoms with Crippen LogP contribution in [0.1, 0.15) is 181 Å². The molecule has 3 atom stereocenters. The number of amides is 1. The molecule has 0 fully saturated rings. The molecule has 0 aliphatic heterocycles. The fraction of sp³-hybridized carbons (Fsp3) is 0.923. The number of aliphatic hydroxyl groups is 1. The number of aliphatic hydroxyl groups excluding tert-OH is 1. The van der Waals surface area contributed by atoms with Crippen molar-refractivity contribution in [2.75, 3.05) is 40.9 Å². The first-order chi connectivity index (χ1) is 23.0. The molecule has 3 N–H and O–H groups in total. The number of quaternary nitrogens is 1. The Hall–Kier alpha value is -0.760. The third kappa shape index (κ3) is 33.7. The monoisotopic (exact) mass is 704 g/mol. The van der Waals surface area contributed by atoms with Gasteiger partial charge in [0.15, 0.2) is 0 Å². The lowest BCUT2D eigenvalue weighted by molar-refractivity contribution is -0.870. The molecule has 9 heteroatoms. The minimum Gasteiger partial charge on any atom is -0.391 e. The molecule has 1 amide bonds. The third-order valence-electron chi connectivity index (χ3n) is 9.01. The first-order valence-corrected chi connectivity index (χ1v) is 21.5. The van der Waals surface area contributed by atoms with E-state index < -0.39 is 20.0 Å². The van der Waals surface area contributed by atoms with Crippen LogP contribution < -0.4 is 5.32 Å². The number of rotatable bonds is 36. The van der Waals surface area contributed by atoms with Crippen molar-refractivity contribution in [1.82, 2.24) is 5.32 Å². The number of unbranched alkanes of at least 4 members (excludes halogenated alkanes) is 21. The summed E-state index contributed by atoms with van der Waals surface area (Å²) in [5.74, 6) is -0.152. The Bertz CT molecular complexity index is 804. The van der Waals surface area contributed by atoms with Crippen molar-refractivity contribution in [1.29, 1.82) is 0 Å². The first kappa shape index (κ1) is 47.2. The van der Waals surface area contributed by atoms with Gasteiger partial charge in [0.05, 0.1) is 39.9 Å². The maximum absolute atomic E-state index is 12.8. The molecule has 0 aliphatic rings. The van der Waals surface area contributed by atoms with Crippen LogP contribution >= 0.6 is 7.82 Å². The Morgan fingerprint density at radius 1 is 0.688 bits per heavy atom. The standard InChI is InChI=1S/C39H79N2O6P/c1-6-8-10-12-14-16-17-18-19-20-21-22-23-25-27-29-31-33-39(43)40-37(36-47-48(44,45)46-35-34-41(3,4)5)38(42)32-30-28-26-24-15-13-11-9-7-2/h18-19,37-38,42H,6-17,20-36H2,1-5H3,(H-,40,43,44,45)/p+1/b19-18-. The van der Waals surface area contributed by atoms with E-state index >= 15 is 0 Å².